The maximum Gasteiger partial charge on any atom is 0.399 e. The van der Waals surface area contributed by atoms with Crippen LogP contribution in [0.4, 0.5) is 14.5 Å². The standard InChI is InChI=1S/C50H52BrF2N6O10PS/c1-49(2,3)43(55-45(63)40-27-31-26-32(11-17-39(31)71-40)50(52,53)70(67,68)69)48(66)58-22-5-8-38(58)47(65)57(34-14-12-33(51)13-15-34)25-21-42(61)56-23-19-29(20-24-56)9-10-30-6-4-7-35-36(30)28-59(46(35)64)37-16-18-41(60)54-44(37)62/h4,6-7,11-15,17,26-27,29,37-38,43H,5,8,16,18-25,28H2,1-3H3,(H,55,63)(H,54,60,62)(H2,67,68,69). The van der Waals surface area contributed by atoms with E-state index in [-0.39, 0.29) is 78.7 Å². The van der Waals surface area contributed by atoms with Crippen LogP contribution in [0.15, 0.2) is 71.2 Å². The smallest absolute Gasteiger partial charge is 0.343 e. The van der Waals surface area contributed by atoms with E-state index in [1.807, 2.05) is 6.07 Å². The predicted octanol–water partition coefficient (Wildman–Crippen LogP) is 6.50. The van der Waals surface area contributed by atoms with Gasteiger partial charge in [0.05, 0.1) is 4.88 Å². The molecule has 71 heavy (non-hydrogen) atoms. The topological polar surface area (TPSA) is 214 Å². The third-order valence-electron chi connectivity index (χ3n) is 13.5. The summed E-state index contributed by atoms with van der Waals surface area (Å²) in [6.45, 7) is 6.64. The van der Waals surface area contributed by atoms with Crippen molar-refractivity contribution >= 4 is 92.0 Å². The Morgan fingerprint density at radius 3 is 2.37 bits per heavy atom. The number of hydrogen-bond acceptors (Lipinski definition) is 9. The molecule has 3 atom stereocenters. The van der Waals surface area contributed by atoms with E-state index in [2.05, 4.69) is 38.4 Å². The largest absolute Gasteiger partial charge is 0.399 e. The fourth-order valence-corrected chi connectivity index (χ4v) is 11.2. The molecule has 1 aromatic heterocycles. The molecule has 3 aromatic carbocycles. The average molecular weight is 1080 g/mol. The first-order valence-electron chi connectivity index (χ1n) is 23.2. The van der Waals surface area contributed by atoms with Gasteiger partial charge in [0, 0.05) is 83.0 Å². The van der Waals surface area contributed by atoms with Crippen LogP contribution in [-0.4, -0.2) is 110 Å². The summed E-state index contributed by atoms with van der Waals surface area (Å²) in [5.41, 5.74) is -3.77. The van der Waals surface area contributed by atoms with Crippen LogP contribution in [-0.2, 0) is 40.7 Å². The monoisotopic (exact) mass is 1080 g/mol. The number of nitrogens with one attached hydrogen (secondary N) is 2. The normalized spacial score (nSPS) is 19.3. The lowest BCUT2D eigenvalue weighted by Crippen LogP contribution is -2.58. The number of likely N-dealkylation sites (tertiary alicyclic amines) is 2. The van der Waals surface area contributed by atoms with Gasteiger partial charge in [0.1, 0.15) is 18.1 Å². The molecule has 4 N–H and O–H groups in total. The first-order chi connectivity index (χ1) is 33.5. The van der Waals surface area contributed by atoms with Crippen LogP contribution in [0.1, 0.15) is 102 Å². The number of anilines is 1. The lowest BCUT2D eigenvalue weighted by molar-refractivity contribution is -0.141. The Morgan fingerprint density at radius 1 is 0.972 bits per heavy atom. The third kappa shape index (κ3) is 10.8. The summed E-state index contributed by atoms with van der Waals surface area (Å²) < 4.78 is 41.7. The van der Waals surface area contributed by atoms with Gasteiger partial charge < -0.3 is 34.7 Å². The molecule has 16 nitrogen and oxygen atoms in total. The number of alkyl halides is 2. The Balaban J connectivity index is 0.911. The number of fused-ring (bicyclic) bond motifs is 2. The van der Waals surface area contributed by atoms with Crippen molar-refractivity contribution in [3.8, 4) is 11.8 Å². The number of halogens is 3. The Bertz CT molecular complexity index is 2940. The van der Waals surface area contributed by atoms with Crippen LogP contribution >= 0.6 is 34.9 Å². The fourth-order valence-electron chi connectivity index (χ4n) is 9.50. The van der Waals surface area contributed by atoms with Crippen molar-refractivity contribution in [3.63, 3.8) is 0 Å². The van der Waals surface area contributed by atoms with Gasteiger partial charge in [-0.2, -0.15) is 8.78 Å². The SMILES string of the molecule is CC(C)(C)C(NC(=O)c1cc2cc(C(F)(F)P(=O)(O)O)ccc2s1)C(=O)N1CCCC1C(=O)N(CCC(=O)N1CCC(C#Cc2cccc3c2CN(C2CCC(=O)NC2=O)C3=O)CC1)c1ccc(Br)cc1. The van der Waals surface area contributed by atoms with Gasteiger partial charge in [-0.15, -0.1) is 11.3 Å². The van der Waals surface area contributed by atoms with Crippen molar-refractivity contribution in [2.45, 2.75) is 96.1 Å². The molecule has 8 rings (SSSR count). The number of amides is 7. The van der Waals surface area contributed by atoms with E-state index in [1.165, 1.54) is 26.8 Å². The maximum absolute atomic E-state index is 14.7. The molecule has 374 valence electrons. The highest BCUT2D eigenvalue weighted by Gasteiger charge is 2.50. The second-order valence-corrected chi connectivity index (χ2v) is 22.9. The summed E-state index contributed by atoms with van der Waals surface area (Å²) in [4.78, 5) is 119. The zero-order valence-electron chi connectivity index (χ0n) is 39.1. The summed E-state index contributed by atoms with van der Waals surface area (Å²) in [6, 6.07) is 14.0. The molecule has 3 fully saturated rings. The Labute approximate surface area is 420 Å². The Hall–Kier alpha value is -5.84. The molecule has 4 aliphatic heterocycles. The number of rotatable bonds is 11. The van der Waals surface area contributed by atoms with Crippen molar-refractivity contribution < 1.29 is 56.7 Å². The van der Waals surface area contributed by atoms with Gasteiger partial charge in [-0.1, -0.05) is 60.7 Å². The summed E-state index contributed by atoms with van der Waals surface area (Å²) in [7, 11) is -5.83. The van der Waals surface area contributed by atoms with E-state index in [0.717, 1.165) is 33.5 Å². The summed E-state index contributed by atoms with van der Waals surface area (Å²) in [5.74, 6) is 3.75. The van der Waals surface area contributed by atoms with E-state index in [0.29, 0.717) is 60.3 Å². The maximum atomic E-state index is 14.7. The molecule has 0 spiro atoms. The Kier molecular flexibility index (Phi) is 14.8. The molecule has 3 saturated heterocycles. The van der Waals surface area contributed by atoms with Gasteiger partial charge in [-0.05, 0) is 103 Å². The highest BCUT2D eigenvalue weighted by Crippen LogP contribution is 2.59. The third-order valence-corrected chi connectivity index (χ3v) is 16.1. The quantitative estimate of drug-likeness (QED) is 0.0727. The number of carbonyl (C=O) groups excluding carboxylic acids is 7. The van der Waals surface area contributed by atoms with E-state index in [9.17, 15) is 56.7 Å². The lowest BCUT2D eigenvalue weighted by Gasteiger charge is -2.37. The fraction of sp³-hybridized carbons (Fsp3) is 0.420. The van der Waals surface area contributed by atoms with Crippen LogP contribution in [0.25, 0.3) is 10.1 Å². The van der Waals surface area contributed by atoms with Gasteiger partial charge in [-0.25, -0.2) is 0 Å². The zero-order valence-corrected chi connectivity index (χ0v) is 42.4. The molecule has 0 bridgehead atoms. The van der Waals surface area contributed by atoms with E-state index in [4.69, 9.17) is 0 Å². The molecule has 0 radical (unpaired) electrons. The van der Waals surface area contributed by atoms with Gasteiger partial charge in [-0.3, -0.25) is 43.4 Å². The highest BCUT2D eigenvalue weighted by atomic mass is 79.9. The van der Waals surface area contributed by atoms with Gasteiger partial charge in [0.2, 0.25) is 29.5 Å². The molecular weight excluding hydrogens is 1030 g/mol. The number of imide groups is 1. The zero-order chi connectivity index (χ0) is 51.2. The minimum absolute atomic E-state index is 0.000953. The van der Waals surface area contributed by atoms with E-state index < -0.39 is 60.1 Å². The highest BCUT2D eigenvalue weighted by molar-refractivity contribution is 9.10. The molecule has 3 unspecified atom stereocenters. The van der Waals surface area contributed by atoms with Crippen molar-refractivity contribution in [3.05, 3.63) is 98.3 Å². The van der Waals surface area contributed by atoms with Crippen LogP contribution in [0.3, 0.4) is 0 Å². The average Bonchev–Trinajstić information content (AvgIpc) is 4.07. The number of hydrogen-bond donors (Lipinski definition) is 4. The minimum atomic E-state index is -5.83. The second kappa shape index (κ2) is 20.3. The first kappa shape index (κ1) is 51.5. The number of piperidine rings is 2. The molecule has 4 aromatic rings. The van der Waals surface area contributed by atoms with Crippen molar-refractivity contribution in [2.24, 2.45) is 11.3 Å². The summed E-state index contributed by atoms with van der Waals surface area (Å²) in [6.07, 6.45) is 2.47. The second-order valence-electron chi connectivity index (χ2n) is 19.3. The molecule has 21 heteroatoms. The van der Waals surface area contributed by atoms with E-state index >= 15 is 0 Å². The summed E-state index contributed by atoms with van der Waals surface area (Å²) >= 11 is 4.41. The van der Waals surface area contributed by atoms with E-state index in [1.54, 1.807) is 62.1 Å². The van der Waals surface area contributed by atoms with Gasteiger partial charge >= 0.3 is 13.3 Å². The molecule has 4 aliphatic rings. The molecular formula is C50H52BrF2N6O10PS. The van der Waals surface area contributed by atoms with Crippen LogP contribution in [0.5, 0.6) is 0 Å². The van der Waals surface area contributed by atoms with Crippen LogP contribution < -0.4 is 15.5 Å². The number of thiophene rings is 1. The van der Waals surface area contributed by atoms with Crippen LogP contribution in [0, 0.1) is 23.2 Å². The predicted molar refractivity (Wildman–Crippen MR) is 263 cm³/mol. The molecule has 5 heterocycles. The minimum Gasteiger partial charge on any atom is -0.343 e. The van der Waals surface area contributed by atoms with Gasteiger partial charge in [0.15, 0.2) is 0 Å². The van der Waals surface area contributed by atoms with Crippen molar-refractivity contribution in [1.82, 2.24) is 25.3 Å². The van der Waals surface area contributed by atoms with Crippen LogP contribution in [0.2, 0.25) is 0 Å². The van der Waals surface area contributed by atoms with Crippen molar-refractivity contribution in [2.75, 3.05) is 31.1 Å². The summed E-state index contributed by atoms with van der Waals surface area (Å²) in [5, 5.41) is 5.29. The molecule has 0 aliphatic carbocycles. The van der Waals surface area contributed by atoms with Gasteiger partial charge in [0.25, 0.3) is 11.8 Å². The van der Waals surface area contributed by atoms with Crippen molar-refractivity contribution in [1.29, 1.82) is 0 Å². The number of carbonyl (C=O) groups is 7. The number of benzene rings is 3. The molecule has 0 saturated carbocycles. The lowest BCUT2D eigenvalue weighted by atomic mass is 9.85. The Morgan fingerprint density at radius 2 is 1.69 bits per heavy atom. The first-order valence-corrected chi connectivity index (χ1v) is 26.5. The number of nitrogens with zero attached hydrogens (tertiary/aromatic N) is 4. The molecule has 7 amide bonds.